The van der Waals surface area contributed by atoms with Crippen LogP contribution in [0, 0.1) is 23.7 Å². The number of unbranched alkanes of at least 4 members (excludes halogenated alkanes) is 1. The molecule has 2 aliphatic carbocycles. The SMILES string of the molecule is CCCCC1CCC(/C=C/C2CCC(C(=O)Oc3ccc(C(F)(F)F)cc3)CC2)CC1. The monoisotopic (exact) mass is 436 g/mol. The second-order valence-electron chi connectivity index (χ2n) is 9.36. The molecule has 2 saturated carbocycles. The Morgan fingerprint density at radius 1 is 0.935 bits per heavy atom. The average Bonchev–Trinajstić information content (AvgIpc) is 2.77. The Morgan fingerprint density at radius 2 is 1.48 bits per heavy atom. The van der Waals surface area contributed by atoms with Crippen molar-refractivity contribution in [2.24, 2.45) is 23.7 Å². The average molecular weight is 437 g/mol. The molecule has 0 saturated heterocycles. The van der Waals surface area contributed by atoms with Crippen molar-refractivity contribution in [3.05, 3.63) is 42.0 Å². The van der Waals surface area contributed by atoms with Gasteiger partial charge in [-0.3, -0.25) is 4.79 Å². The number of hydrogen-bond donors (Lipinski definition) is 0. The zero-order valence-corrected chi connectivity index (χ0v) is 18.5. The van der Waals surface area contributed by atoms with Gasteiger partial charge in [-0.2, -0.15) is 13.2 Å². The van der Waals surface area contributed by atoms with Gasteiger partial charge < -0.3 is 4.74 Å². The Hall–Kier alpha value is -1.78. The Morgan fingerprint density at radius 3 is 2.00 bits per heavy atom. The lowest BCUT2D eigenvalue weighted by atomic mass is 9.78. The quantitative estimate of drug-likeness (QED) is 0.246. The summed E-state index contributed by atoms with van der Waals surface area (Å²) in [6.45, 7) is 2.26. The molecule has 2 aliphatic rings. The molecule has 1 aromatic rings. The van der Waals surface area contributed by atoms with Crippen LogP contribution in [0.1, 0.15) is 83.1 Å². The number of alkyl halides is 3. The Bertz CT molecular complexity index is 707. The zero-order chi connectivity index (χ0) is 22.3. The molecule has 0 atom stereocenters. The third kappa shape index (κ3) is 7.40. The van der Waals surface area contributed by atoms with Crippen LogP contribution in [-0.2, 0) is 11.0 Å². The lowest BCUT2D eigenvalue weighted by molar-refractivity contribution is -0.140. The minimum absolute atomic E-state index is 0.166. The van der Waals surface area contributed by atoms with Crippen molar-refractivity contribution >= 4 is 5.97 Å². The maximum Gasteiger partial charge on any atom is 0.416 e. The maximum absolute atomic E-state index is 12.6. The van der Waals surface area contributed by atoms with Crippen molar-refractivity contribution in [2.45, 2.75) is 83.7 Å². The van der Waals surface area contributed by atoms with Gasteiger partial charge in [0, 0.05) is 0 Å². The molecule has 0 amide bonds. The molecule has 1 aromatic carbocycles. The number of rotatable bonds is 7. The number of esters is 1. The van der Waals surface area contributed by atoms with E-state index in [0.29, 0.717) is 11.8 Å². The molecule has 5 heteroatoms. The molecule has 0 spiro atoms. The summed E-state index contributed by atoms with van der Waals surface area (Å²) in [6, 6.07) is 4.32. The van der Waals surface area contributed by atoms with Crippen molar-refractivity contribution in [2.75, 3.05) is 0 Å². The minimum Gasteiger partial charge on any atom is -0.426 e. The molecular weight excluding hydrogens is 401 g/mol. The first-order chi connectivity index (χ1) is 14.8. The van der Waals surface area contributed by atoms with Gasteiger partial charge in [-0.1, -0.05) is 38.3 Å². The standard InChI is InChI=1S/C26H35F3O2/c1-2-3-4-19-5-7-20(8-6-19)9-10-21-11-13-22(14-12-21)25(30)31-24-17-15-23(16-18-24)26(27,28)29/h9-10,15-22H,2-8,11-14H2,1H3/b10-9+. The number of hydrogen-bond acceptors (Lipinski definition) is 2. The first-order valence-corrected chi connectivity index (χ1v) is 11.9. The van der Waals surface area contributed by atoms with Gasteiger partial charge >= 0.3 is 12.1 Å². The van der Waals surface area contributed by atoms with Crippen LogP contribution >= 0.6 is 0 Å². The van der Waals surface area contributed by atoms with Gasteiger partial charge in [-0.25, -0.2) is 0 Å². The zero-order valence-electron chi connectivity index (χ0n) is 18.5. The van der Waals surface area contributed by atoms with Gasteiger partial charge in [0.05, 0.1) is 11.5 Å². The summed E-state index contributed by atoms with van der Waals surface area (Å²) >= 11 is 0. The van der Waals surface area contributed by atoms with Gasteiger partial charge in [-0.15, -0.1) is 0 Å². The molecule has 0 heterocycles. The van der Waals surface area contributed by atoms with E-state index in [9.17, 15) is 18.0 Å². The highest BCUT2D eigenvalue weighted by atomic mass is 19.4. The van der Waals surface area contributed by atoms with Crippen LogP contribution in [0.25, 0.3) is 0 Å². The number of benzene rings is 1. The van der Waals surface area contributed by atoms with Crippen LogP contribution < -0.4 is 4.74 Å². The van der Waals surface area contributed by atoms with Gasteiger partial charge in [0.15, 0.2) is 0 Å². The van der Waals surface area contributed by atoms with E-state index >= 15 is 0 Å². The van der Waals surface area contributed by atoms with E-state index < -0.39 is 11.7 Å². The van der Waals surface area contributed by atoms with Crippen LogP contribution in [0.2, 0.25) is 0 Å². The second-order valence-corrected chi connectivity index (χ2v) is 9.36. The summed E-state index contributed by atoms with van der Waals surface area (Å²) in [6.07, 6.45) is 13.3. The number of carbonyl (C=O) groups excluding carboxylic acids is 1. The smallest absolute Gasteiger partial charge is 0.416 e. The molecule has 0 aliphatic heterocycles. The molecule has 0 aromatic heterocycles. The summed E-state index contributed by atoms with van der Waals surface area (Å²) in [4.78, 5) is 12.4. The molecular formula is C26H35F3O2. The van der Waals surface area contributed by atoms with Gasteiger partial charge in [-0.05, 0) is 93.4 Å². The first-order valence-electron chi connectivity index (χ1n) is 11.9. The fraction of sp³-hybridized carbons (Fsp3) is 0.654. The van der Waals surface area contributed by atoms with E-state index in [1.807, 2.05) is 0 Å². The predicted octanol–water partition coefficient (Wildman–Crippen LogP) is 7.97. The highest BCUT2D eigenvalue weighted by Crippen LogP contribution is 2.35. The molecule has 2 nitrogen and oxygen atoms in total. The minimum atomic E-state index is -4.39. The molecule has 2 fully saturated rings. The van der Waals surface area contributed by atoms with Crippen molar-refractivity contribution in [3.63, 3.8) is 0 Å². The molecule has 0 unspecified atom stereocenters. The van der Waals surface area contributed by atoms with E-state index in [4.69, 9.17) is 4.74 Å². The summed E-state index contributed by atoms with van der Waals surface area (Å²) in [5.41, 5.74) is -0.742. The first kappa shape index (κ1) is 23.9. The number of carbonyl (C=O) groups is 1. The van der Waals surface area contributed by atoms with E-state index in [2.05, 4.69) is 19.1 Å². The van der Waals surface area contributed by atoms with Crippen LogP contribution in [0.3, 0.4) is 0 Å². The molecule has 0 radical (unpaired) electrons. The van der Waals surface area contributed by atoms with Crippen LogP contribution in [0.15, 0.2) is 36.4 Å². The third-order valence-electron chi connectivity index (χ3n) is 7.02. The summed E-state index contributed by atoms with van der Waals surface area (Å²) in [5, 5.41) is 0. The predicted molar refractivity (Wildman–Crippen MR) is 117 cm³/mol. The van der Waals surface area contributed by atoms with Crippen molar-refractivity contribution in [3.8, 4) is 5.75 Å². The fourth-order valence-corrected chi connectivity index (χ4v) is 4.94. The molecule has 0 bridgehead atoms. The highest BCUT2D eigenvalue weighted by molar-refractivity contribution is 5.75. The van der Waals surface area contributed by atoms with Crippen LogP contribution in [0.5, 0.6) is 5.75 Å². The lowest BCUT2D eigenvalue weighted by Gasteiger charge is -2.28. The molecule has 0 N–H and O–H groups in total. The third-order valence-corrected chi connectivity index (χ3v) is 7.02. The maximum atomic E-state index is 12.6. The van der Waals surface area contributed by atoms with Crippen molar-refractivity contribution < 1.29 is 22.7 Å². The summed E-state index contributed by atoms with van der Waals surface area (Å²) in [5.74, 6) is 1.84. The number of allylic oxidation sites excluding steroid dienone is 2. The van der Waals surface area contributed by atoms with E-state index in [1.165, 1.54) is 57.1 Å². The molecule has 3 rings (SSSR count). The topological polar surface area (TPSA) is 26.3 Å². The largest absolute Gasteiger partial charge is 0.426 e. The normalized spacial score (nSPS) is 27.4. The van der Waals surface area contributed by atoms with Gasteiger partial charge in [0.1, 0.15) is 5.75 Å². The van der Waals surface area contributed by atoms with Crippen LogP contribution in [-0.4, -0.2) is 5.97 Å². The van der Waals surface area contributed by atoms with Gasteiger partial charge in [0.2, 0.25) is 0 Å². The number of halogens is 3. The fourth-order valence-electron chi connectivity index (χ4n) is 4.94. The number of ether oxygens (including phenoxy) is 1. The highest BCUT2D eigenvalue weighted by Gasteiger charge is 2.31. The molecule has 172 valence electrons. The lowest BCUT2D eigenvalue weighted by Crippen LogP contribution is -2.25. The van der Waals surface area contributed by atoms with Crippen molar-refractivity contribution in [1.29, 1.82) is 0 Å². The van der Waals surface area contributed by atoms with Crippen LogP contribution in [0.4, 0.5) is 13.2 Å². The van der Waals surface area contributed by atoms with E-state index in [1.54, 1.807) is 0 Å². The summed E-state index contributed by atoms with van der Waals surface area (Å²) < 4.78 is 43.2. The van der Waals surface area contributed by atoms with Gasteiger partial charge in [0.25, 0.3) is 0 Å². The van der Waals surface area contributed by atoms with E-state index in [0.717, 1.165) is 43.7 Å². The summed E-state index contributed by atoms with van der Waals surface area (Å²) in [7, 11) is 0. The Labute approximate surface area is 184 Å². The Kier molecular flexibility index (Phi) is 8.62. The molecule has 31 heavy (non-hydrogen) atoms. The Balaban J connectivity index is 1.38. The van der Waals surface area contributed by atoms with E-state index in [-0.39, 0.29) is 17.6 Å². The second kappa shape index (κ2) is 11.2. The van der Waals surface area contributed by atoms with Crippen molar-refractivity contribution in [1.82, 2.24) is 0 Å².